The third kappa shape index (κ3) is 4.64. The first-order chi connectivity index (χ1) is 12.8. The van der Waals surface area contributed by atoms with Crippen LogP contribution in [0.15, 0.2) is 48.5 Å². The van der Waals surface area contributed by atoms with Crippen molar-refractivity contribution in [3.63, 3.8) is 0 Å². The summed E-state index contributed by atoms with van der Waals surface area (Å²) in [7, 11) is 0. The quantitative estimate of drug-likeness (QED) is 0.555. The average molecular weight is 378 g/mol. The van der Waals surface area contributed by atoms with E-state index in [0.29, 0.717) is 11.1 Å². The summed E-state index contributed by atoms with van der Waals surface area (Å²) in [5.41, 5.74) is 0.0583. The highest BCUT2D eigenvalue weighted by molar-refractivity contribution is 5.80. The Kier molecular flexibility index (Phi) is 5.16. The van der Waals surface area contributed by atoms with Crippen LogP contribution in [0.5, 0.6) is 0 Å². The molecule has 0 saturated heterocycles. The second kappa shape index (κ2) is 7.38. The van der Waals surface area contributed by atoms with E-state index in [-0.39, 0.29) is 30.6 Å². The molecule has 0 bridgehead atoms. The molecule has 1 aliphatic carbocycles. The summed E-state index contributed by atoms with van der Waals surface area (Å²) < 4.78 is 38.0. The molecule has 0 unspecified atom stereocenters. The second-order valence-corrected chi connectivity index (χ2v) is 6.51. The molecule has 2 aromatic rings. The molecule has 1 aliphatic rings. The van der Waals surface area contributed by atoms with Crippen LogP contribution >= 0.6 is 0 Å². The van der Waals surface area contributed by atoms with Crippen molar-refractivity contribution in [1.82, 2.24) is 4.90 Å². The lowest BCUT2D eigenvalue weighted by Crippen LogP contribution is -2.34. The highest BCUT2D eigenvalue weighted by Gasteiger charge is 2.34. The minimum atomic E-state index is -4.41. The van der Waals surface area contributed by atoms with Crippen molar-refractivity contribution < 1.29 is 22.9 Å². The lowest BCUT2D eigenvalue weighted by atomic mass is 10.1. The fraction of sp³-hybridized carbons (Fsp3) is 0.316. The molecule has 5 nitrogen and oxygen atoms in total. The zero-order chi connectivity index (χ0) is 19.6. The van der Waals surface area contributed by atoms with E-state index in [0.717, 1.165) is 25.0 Å². The van der Waals surface area contributed by atoms with E-state index >= 15 is 0 Å². The van der Waals surface area contributed by atoms with Gasteiger partial charge in [0.1, 0.15) is 0 Å². The molecule has 0 radical (unpaired) electrons. The third-order valence-electron chi connectivity index (χ3n) is 4.47. The molecule has 0 atom stereocenters. The topological polar surface area (TPSA) is 63.4 Å². The molecule has 0 N–H and O–H groups in total. The number of para-hydroxylation sites is 1. The van der Waals surface area contributed by atoms with Gasteiger partial charge in [-0.25, -0.2) is 0 Å². The summed E-state index contributed by atoms with van der Waals surface area (Å²) in [5, 5.41) is 11.1. The van der Waals surface area contributed by atoms with Crippen LogP contribution in [0.25, 0.3) is 0 Å². The Balaban J connectivity index is 1.74. The Labute approximate surface area is 153 Å². The van der Waals surface area contributed by atoms with Crippen molar-refractivity contribution in [3.8, 4) is 0 Å². The third-order valence-corrected chi connectivity index (χ3v) is 4.47. The van der Waals surface area contributed by atoms with Crippen molar-refractivity contribution in [2.24, 2.45) is 0 Å². The number of halogens is 3. The van der Waals surface area contributed by atoms with Gasteiger partial charge >= 0.3 is 6.18 Å². The lowest BCUT2D eigenvalue weighted by Gasteiger charge is -2.23. The van der Waals surface area contributed by atoms with Crippen LogP contribution in [0.3, 0.4) is 0 Å². The van der Waals surface area contributed by atoms with Gasteiger partial charge in [-0.1, -0.05) is 30.3 Å². The Morgan fingerprint density at radius 2 is 1.74 bits per heavy atom. The van der Waals surface area contributed by atoms with Gasteiger partial charge in [-0.15, -0.1) is 0 Å². The number of carbonyl (C=O) groups is 1. The van der Waals surface area contributed by atoms with Crippen LogP contribution in [0.2, 0.25) is 0 Å². The van der Waals surface area contributed by atoms with Gasteiger partial charge in [0, 0.05) is 24.2 Å². The predicted molar refractivity (Wildman–Crippen MR) is 91.8 cm³/mol. The first kappa shape index (κ1) is 18.9. The first-order valence-corrected chi connectivity index (χ1v) is 8.43. The van der Waals surface area contributed by atoms with Gasteiger partial charge in [0.2, 0.25) is 5.91 Å². The minimum absolute atomic E-state index is 0.0301. The highest BCUT2D eigenvalue weighted by atomic mass is 19.4. The molecule has 27 heavy (non-hydrogen) atoms. The SMILES string of the molecule is O=C(Cc1ccccc1[N+](=O)[O-])N(Cc1ccc(C(F)(F)F)cc1)C1CC1. The van der Waals surface area contributed by atoms with Crippen molar-refractivity contribution in [2.45, 2.75) is 38.0 Å². The maximum atomic E-state index is 12.7. The summed E-state index contributed by atoms with van der Waals surface area (Å²) in [5.74, 6) is -0.272. The summed E-state index contributed by atoms with van der Waals surface area (Å²) >= 11 is 0. The fourth-order valence-electron chi connectivity index (χ4n) is 2.91. The number of nitrogens with zero attached hydrogens (tertiary/aromatic N) is 2. The zero-order valence-electron chi connectivity index (χ0n) is 14.3. The normalized spacial score (nSPS) is 14.0. The number of benzene rings is 2. The van der Waals surface area contributed by atoms with Gasteiger partial charge in [-0.2, -0.15) is 13.2 Å². The van der Waals surface area contributed by atoms with Gasteiger partial charge in [0.05, 0.1) is 16.9 Å². The summed E-state index contributed by atoms with van der Waals surface area (Å²) in [6, 6.07) is 10.8. The molecule has 0 heterocycles. The summed E-state index contributed by atoms with van der Waals surface area (Å²) in [6.45, 7) is 0.183. The van der Waals surface area contributed by atoms with Crippen molar-refractivity contribution in [2.75, 3.05) is 0 Å². The molecule has 8 heteroatoms. The summed E-state index contributed by atoms with van der Waals surface area (Å²) in [4.78, 5) is 24.9. The molecule has 0 aliphatic heterocycles. The first-order valence-electron chi connectivity index (χ1n) is 8.43. The maximum absolute atomic E-state index is 12.7. The Bertz CT molecular complexity index is 846. The summed E-state index contributed by atoms with van der Waals surface area (Å²) in [6.07, 6.45) is -2.88. The maximum Gasteiger partial charge on any atom is 0.416 e. The number of amides is 1. The highest BCUT2D eigenvalue weighted by Crippen LogP contribution is 2.32. The smallest absolute Gasteiger partial charge is 0.335 e. The standard InChI is InChI=1S/C19H17F3N2O3/c20-19(21,22)15-7-5-13(6-8-15)12-23(16-9-10-16)18(25)11-14-3-1-2-4-17(14)24(26)27/h1-8,16H,9-12H2. The molecule has 0 spiro atoms. The molecular formula is C19H17F3N2O3. The molecule has 142 valence electrons. The Hall–Kier alpha value is -2.90. The number of hydrogen-bond donors (Lipinski definition) is 0. The van der Waals surface area contributed by atoms with E-state index in [2.05, 4.69) is 0 Å². The monoisotopic (exact) mass is 378 g/mol. The molecular weight excluding hydrogens is 361 g/mol. The number of rotatable bonds is 6. The largest absolute Gasteiger partial charge is 0.416 e. The van der Waals surface area contributed by atoms with Gasteiger partial charge in [0.25, 0.3) is 5.69 Å². The van der Waals surface area contributed by atoms with E-state index in [1.54, 1.807) is 17.0 Å². The van der Waals surface area contributed by atoms with Crippen LogP contribution in [0.4, 0.5) is 18.9 Å². The zero-order valence-corrected chi connectivity index (χ0v) is 14.3. The van der Waals surface area contributed by atoms with Gasteiger partial charge < -0.3 is 4.90 Å². The lowest BCUT2D eigenvalue weighted by molar-refractivity contribution is -0.385. The average Bonchev–Trinajstić information content (AvgIpc) is 3.44. The van der Waals surface area contributed by atoms with Crippen molar-refractivity contribution >= 4 is 11.6 Å². The Morgan fingerprint density at radius 3 is 2.30 bits per heavy atom. The molecule has 1 fully saturated rings. The van der Waals surface area contributed by atoms with Crippen LogP contribution in [-0.4, -0.2) is 21.8 Å². The minimum Gasteiger partial charge on any atom is -0.335 e. The van der Waals surface area contributed by atoms with Gasteiger partial charge in [-0.3, -0.25) is 14.9 Å². The molecule has 2 aromatic carbocycles. The number of nitro benzene ring substituents is 1. The second-order valence-electron chi connectivity index (χ2n) is 6.51. The number of hydrogen-bond acceptors (Lipinski definition) is 3. The molecule has 1 amide bonds. The molecule has 1 saturated carbocycles. The van der Waals surface area contributed by atoms with Crippen molar-refractivity contribution in [1.29, 1.82) is 0 Å². The number of carbonyl (C=O) groups excluding carboxylic acids is 1. The van der Waals surface area contributed by atoms with Crippen LogP contribution in [0.1, 0.15) is 29.5 Å². The van der Waals surface area contributed by atoms with Crippen LogP contribution < -0.4 is 0 Å². The van der Waals surface area contributed by atoms with Crippen LogP contribution in [0, 0.1) is 10.1 Å². The van der Waals surface area contributed by atoms with Gasteiger partial charge in [0.15, 0.2) is 0 Å². The van der Waals surface area contributed by atoms with E-state index in [4.69, 9.17) is 0 Å². The van der Waals surface area contributed by atoms with E-state index in [1.165, 1.54) is 24.3 Å². The molecule has 0 aromatic heterocycles. The van der Waals surface area contributed by atoms with E-state index in [9.17, 15) is 28.1 Å². The predicted octanol–water partition coefficient (Wildman–Crippen LogP) is 4.35. The van der Waals surface area contributed by atoms with E-state index in [1.807, 2.05) is 0 Å². The molecule has 3 rings (SSSR count). The Morgan fingerprint density at radius 1 is 1.11 bits per heavy atom. The number of nitro groups is 1. The number of alkyl halides is 3. The van der Waals surface area contributed by atoms with Crippen LogP contribution in [-0.2, 0) is 23.9 Å². The fourth-order valence-corrected chi connectivity index (χ4v) is 2.91. The van der Waals surface area contributed by atoms with E-state index < -0.39 is 16.7 Å². The van der Waals surface area contributed by atoms with Crippen molar-refractivity contribution in [3.05, 3.63) is 75.3 Å². The van der Waals surface area contributed by atoms with Gasteiger partial charge in [-0.05, 0) is 30.5 Å².